The van der Waals surface area contributed by atoms with E-state index in [9.17, 15) is 4.79 Å². The van der Waals surface area contributed by atoms with E-state index in [0.717, 1.165) is 43.2 Å². The summed E-state index contributed by atoms with van der Waals surface area (Å²) in [6, 6.07) is 6.29. The third kappa shape index (κ3) is 2.84. The number of benzene rings is 1. The van der Waals surface area contributed by atoms with E-state index in [1.54, 1.807) is 12.4 Å². The SMILES string of the molecule is Cc1ccc(-n2nccn2)c(C(=O)N2CC[C@H]3CNC3C2)c1.Cl. The van der Waals surface area contributed by atoms with Crippen molar-refractivity contribution in [3.8, 4) is 5.69 Å². The lowest BCUT2D eigenvalue weighted by Crippen LogP contribution is -2.62. The highest BCUT2D eigenvalue weighted by molar-refractivity contribution is 5.98. The van der Waals surface area contributed by atoms with Gasteiger partial charge in [-0.3, -0.25) is 4.79 Å². The summed E-state index contributed by atoms with van der Waals surface area (Å²) in [5.41, 5.74) is 2.48. The monoisotopic (exact) mass is 333 g/mol. The summed E-state index contributed by atoms with van der Waals surface area (Å²) in [5, 5.41) is 11.7. The van der Waals surface area contributed by atoms with Crippen LogP contribution in [0, 0.1) is 12.8 Å². The number of nitrogens with one attached hydrogen (secondary N) is 1. The second-order valence-electron chi connectivity index (χ2n) is 6.15. The number of halogens is 1. The first-order valence-electron chi connectivity index (χ1n) is 7.72. The number of hydrogen-bond acceptors (Lipinski definition) is 4. The van der Waals surface area contributed by atoms with E-state index in [-0.39, 0.29) is 18.3 Å². The zero-order valence-corrected chi connectivity index (χ0v) is 13.8. The molecule has 1 aromatic carbocycles. The van der Waals surface area contributed by atoms with Gasteiger partial charge < -0.3 is 10.2 Å². The molecule has 3 heterocycles. The number of aryl methyl sites for hydroxylation is 1. The van der Waals surface area contributed by atoms with Crippen molar-refractivity contribution >= 4 is 18.3 Å². The molecule has 1 amide bonds. The molecule has 0 saturated carbocycles. The first-order valence-corrected chi connectivity index (χ1v) is 7.72. The van der Waals surface area contributed by atoms with E-state index in [1.165, 1.54) is 4.80 Å². The molecule has 4 rings (SSSR count). The minimum absolute atomic E-state index is 0. The van der Waals surface area contributed by atoms with Crippen LogP contribution in [0.4, 0.5) is 0 Å². The van der Waals surface area contributed by atoms with Gasteiger partial charge in [0.1, 0.15) is 0 Å². The van der Waals surface area contributed by atoms with Crippen molar-refractivity contribution in [2.45, 2.75) is 19.4 Å². The Kier molecular flexibility index (Phi) is 4.37. The number of amides is 1. The molecule has 2 saturated heterocycles. The van der Waals surface area contributed by atoms with E-state index in [2.05, 4.69) is 15.5 Å². The number of rotatable bonds is 2. The Hall–Kier alpha value is -1.92. The Morgan fingerprint density at radius 2 is 2.09 bits per heavy atom. The minimum atomic E-state index is 0. The van der Waals surface area contributed by atoms with Crippen LogP contribution >= 0.6 is 12.4 Å². The molecule has 0 spiro atoms. The molecule has 2 fully saturated rings. The zero-order chi connectivity index (χ0) is 15.1. The molecule has 1 unspecified atom stereocenters. The summed E-state index contributed by atoms with van der Waals surface area (Å²) in [7, 11) is 0. The molecule has 2 aliphatic rings. The summed E-state index contributed by atoms with van der Waals surface area (Å²) < 4.78 is 0. The van der Waals surface area contributed by atoms with Crippen molar-refractivity contribution in [3.63, 3.8) is 0 Å². The number of carbonyl (C=O) groups is 1. The summed E-state index contributed by atoms with van der Waals surface area (Å²) in [4.78, 5) is 16.4. The second kappa shape index (κ2) is 6.29. The van der Waals surface area contributed by atoms with Gasteiger partial charge in [-0.25, -0.2) is 0 Å². The van der Waals surface area contributed by atoms with Gasteiger partial charge in [0.2, 0.25) is 0 Å². The van der Waals surface area contributed by atoms with Crippen molar-refractivity contribution in [2.75, 3.05) is 19.6 Å². The van der Waals surface area contributed by atoms with Crippen molar-refractivity contribution in [1.82, 2.24) is 25.2 Å². The van der Waals surface area contributed by atoms with Crippen LogP contribution in [0.2, 0.25) is 0 Å². The number of piperidine rings is 1. The molecular formula is C16H20ClN5O. The van der Waals surface area contributed by atoms with E-state index in [1.807, 2.05) is 30.0 Å². The largest absolute Gasteiger partial charge is 0.337 e. The fourth-order valence-electron chi connectivity index (χ4n) is 3.31. The Morgan fingerprint density at radius 1 is 1.30 bits per heavy atom. The number of likely N-dealkylation sites (tertiary alicyclic amines) is 1. The van der Waals surface area contributed by atoms with E-state index >= 15 is 0 Å². The van der Waals surface area contributed by atoms with Crippen molar-refractivity contribution in [1.29, 1.82) is 0 Å². The average Bonchev–Trinajstić information content (AvgIpc) is 3.02. The molecule has 23 heavy (non-hydrogen) atoms. The van der Waals surface area contributed by atoms with Crippen LogP contribution in [0.5, 0.6) is 0 Å². The van der Waals surface area contributed by atoms with Gasteiger partial charge in [0, 0.05) is 19.1 Å². The molecular weight excluding hydrogens is 314 g/mol. The highest BCUT2D eigenvalue weighted by atomic mass is 35.5. The molecule has 2 aliphatic heterocycles. The maximum Gasteiger partial charge on any atom is 0.256 e. The Morgan fingerprint density at radius 3 is 2.74 bits per heavy atom. The van der Waals surface area contributed by atoms with Crippen LogP contribution in [-0.4, -0.2) is 51.5 Å². The number of nitrogens with zero attached hydrogens (tertiary/aromatic N) is 4. The normalized spacial score (nSPS) is 22.7. The van der Waals surface area contributed by atoms with E-state index < -0.39 is 0 Å². The Bertz CT molecular complexity index is 703. The Labute approximate surface area is 141 Å². The first kappa shape index (κ1) is 16.0. The van der Waals surface area contributed by atoms with Gasteiger partial charge in [-0.1, -0.05) is 11.6 Å². The lowest BCUT2D eigenvalue weighted by molar-refractivity contribution is 0.0518. The van der Waals surface area contributed by atoms with Crippen molar-refractivity contribution < 1.29 is 4.79 Å². The molecule has 1 N–H and O–H groups in total. The number of fused-ring (bicyclic) bond motifs is 1. The average molecular weight is 334 g/mol. The smallest absolute Gasteiger partial charge is 0.256 e. The van der Waals surface area contributed by atoms with Crippen LogP contribution < -0.4 is 5.32 Å². The zero-order valence-electron chi connectivity index (χ0n) is 13.0. The third-order valence-corrected chi connectivity index (χ3v) is 4.70. The van der Waals surface area contributed by atoms with Gasteiger partial charge in [0.15, 0.2) is 0 Å². The van der Waals surface area contributed by atoms with E-state index in [0.29, 0.717) is 11.6 Å². The Balaban J connectivity index is 0.00000156. The fourth-order valence-corrected chi connectivity index (χ4v) is 3.31. The molecule has 6 nitrogen and oxygen atoms in total. The maximum absolute atomic E-state index is 13.0. The van der Waals surface area contributed by atoms with Crippen LogP contribution in [0.1, 0.15) is 22.3 Å². The maximum atomic E-state index is 13.0. The third-order valence-electron chi connectivity index (χ3n) is 4.70. The number of carbonyl (C=O) groups excluding carboxylic acids is 1. The fraction of sp³-hybridized carbons (Fsp3) is 0.438. The molecule has 2 aromatic rings. The lowest BCUT2D eigenvalue weighted by atomic mass is 9.85. The van der Waals surface area contributed by atoms with Crippen LogP contribution in [0.15, 0.2) is 30.6 Å². The van der Waals surface area contributed by atoms with Gasteiger partial charge >= 0.3 is 0 Å². The van der Waals surface area contributed by atoms with Gasteiger partial charge in [-0.2, -0.15) is 15.0 Å². The van der Waals surface area contributed by atoms with Crippen LogP contribution in [0.25, 0.3) is 5.69 Å². The summed E-state index contributed by atoms with van der Waals surface area (Å²) >= 11 is 0. The van der Waals surface area contributed by atoms with Crippen molar-refractivity contribution in [2.24, 2.45) is 5.92 Å². The predicted octanol–water partition coefficient (Wildman–Crippen LogP) is 1.43. The van der Waals surface area contributed by atoms with Crippen molar-refractivity contribution in [3.05, 3.63) is 41.7 Å². The second-order valence-corrected chi connectivity index (χ2v) is 6.15. The summed E-state index contributed by atoms with van der Waals surface area (Å²) in [5.74, 6) is 0.817. The summed E-state index contributed by atoms with van der Waals surface area (Å²) in [6.07, 6.45) is 4.33. The molecule has 0 bridgehead atoms. The van der Waals surface area contributed by atoms with Gasteiger partial charge in [-0.15, -0.1) is 12.4 Å². The summed E-state index contributed by atoms with van der Waals surface area (Å²) in [6.45, 7) is 4.72. The highest BCUT2D eigenvalue weighted by Crippen LogP contribution is 2.26. The molecule has 0 aliphatic carbocycles. The number of aromatic nitrogens is 3. The topological polar surface area (TPSA) is 63.1 Å². The molecule has 2 atom stereocenters. The predicted molar refractivity (Wildman–Crippen MR) is 89.1 cm³/mol. The highest BCUT2D eigenvalue weighted by Gasteiger charge is 2.37. The van der Waals surface area contributed by atoms with Gasteiger partial charge in [0.05, 0.1) is 23.6 Å². The molecule has 1 aromatic heterocycles. The van der Waals surface area contributed by atoms with Gasteiger partial charge in [-0.05, 0) is 37.9 Å². The molecule has 122 valence electrons. The quantitative estimate of drug-likeness (QED) is 0.903. The first-order chi connectivity index (χ1) is 10.7. The van der Waals surface area contributed by atoms with Crippen LogP contribution in [-0.2, 0) is 0 Å². The lowest BCUT2D eigenvalue weighted by Gasteiger charge is -2.46. The van der Waals surface area contributed by atoms with E-state index in [4.69, 9.17) is 0 Å². The van der Waals surface area contributed by atoms with Gasteiger partial charge in [0.25, 0.3) is 5.91 Å². The molecule has 7 heteroatoms. The minimum Gasteiger partial charge on any atom is -0.337 e. The molecule has 0 radical (unpaired) electrons. The standard InChI is InChI=1S/C16H19N5O.ClH/c1-11-2-3-15(21-18-5-6-19-21)13(8-11)16(22)20-7-4-12-9-17-14(12)10-20;/h2-3,5-6,8,12,14,17H,4,7,9-10H2,1H3;1H/t12-,14?;/m0./s1. The van der Waals surface area contributed by atoms with Crippen LogP contribution in [0.3, 0.4) is 0 Å². The number of hydrogen-bond donors (Lipinski definition) is 1.